The van der Waals surface area contributed by atoms with Gasteiger partial charge in [-0.1, -0.05) is 18.2 Å². The number of benzene rings is 1. The van der Waals surface area contributed by atoms with E-state index in [1.165, 1.54) is 29.6 Å². The van der Waals surface area contributed by atoms with Crippen molar-refractivity contribution in [3.8, 4) is 0 Å². The van der Waals surface area contributed by atoms with Gasteiger partial charge in [-0.05, 0) is 36.4 Å². The highest BCUT2D eigenvalue weighted by molar-refractivity contribution is 7.19. The van der Waals surface area contributed by atoms with Gasteiger partial charge in [0.25, 0.3) is 0 Å². The molecule has 1 saturated carbocycles. The van der Waals surface area contributed by atoms with Gasteiger partial charge in [0.15, 0.2) is 0 Å². The molecule has 1 N–H and O–H groups in total. The van der Waals surface area contributed by atoms with Crippen molar-refractivity contribution < 1.29 is 0 Å². The van der Waals surface area contributed by atoms with E-state index in [0.29, 0.717) is 5.41 Å². The molecule has 76 valence electrons. The maximum absolute atomic E-state index is 3.51. The summed E-state index contributed by atoms with van der Waals surface area (Å²) in [7, 11) is 0. The molecular weight excluding hydrogens is 202 g/mol. The monoisotopic (exact) mass is 215 g/mol. The van der Waals surface area contributed by atoms with Crippen LogP contribution < -0.4 is 5.32 Å². The molecule has 0 radical (unpaired) electrons. The first-order chi connectivity index (χ1) is 7.38. The summed E-state index contributed by atoms with van der Waals surface area (Å²) in [6, 6.07) is 11.1. The second-order valence-corrected chi connectivity index (χ2v) is 5.92. The Hall–Kier alpha value is -0.860. The summed E-state index contributed by atoms with van der Waals surface area (Å²) in [5.74, 6) is 0.922. The van der Waals surface area contributed by atoms with Gasteiger partial charge in [-0.3, -0.25) is 0 Å². The molecule has 2 aliphatic rings. The van der Waals surface area contributed by atoms with Gasteiger partial charge in [-0.2, -0.15) is 0 Å². The molecule has 2 heteroatoms. The fourth-order valence-corrected chi connectivity index (χ4v) is 4.29. The Kier molecular flexibility index (Phi) is 1.46. The van der Waals surface area contributed by atoms with Crippen LogP contribution in [0, 0.1) is 5.92 Å². The molecule has 4 rings (SSSR count). The van der Waals surface area contributed by atoms with Gasteiger partial charge in [0.2, 0.25) is 0 Å². The van der Waals surface area contributed by atoms with Crippen LogP contribution >= 0.6 is 11.3 Å². The number of hydrogen-bond donors (Lipinski definition) is 1. The fourth-order valence-electron chi connectivity index (χ4n) is 2.95. The Bertz CT molecular complexity index is 497. The Morgan fingerprint density at radius 3 is 3.00 bits per heavy atom. The fraction of sp³-hybridized carbons (Fsp3) is 0.385. The molecule has 1 saturated heterocycles. The lowest BCUT2D eigenvalue weighted by atomic mass is 10.0. The first-order valence-electron chi connectivity index (χ1n) is 5.58. The van der Waals surface area contributed by atoms with Crippen LogP contribution in [0.15, 0.2) is 30.3 Å². The predicted molar refractivity (Wildman–Crippen MR) is 64.5 cm³/mol. The zero-order chi connectivity index (χ0) is 9.88. The minimum absolute atomic E-state index is 0.531. The smallest absolute Gasteiger partial charge is 0.0345 e. The molecule has 1 nitrogen and oxygen atoms in total. The number of fused-ring (bicyclic) bond motifs is 2. The third kappa shape index (κ3) is 1.01. The van der Waals surface area contributed by atoms with E-state index >= 15 is 0 Å². The minimum Gasteiger partial charge on any atom is -0.315 e. The van der Waals surface area contributed by atoms with Crippen LogP contribution in [0.2, 0.25) is 0 Å². The van der Waals surface area contributed by atoms with E-state index in [-0.39, 0.29) is 0 Å². The topological polar surface area (TPSA) is 12.0 Å². The SMILES string of the molecule is c1ccc2sc([C@]34CNCC3C4)cc2c1. The summed E-state index contributed by atoms with van der Waals surface area (Å²) in [6.07, 6.45) is 1.41. The lowest BCUT2D eigenvalue weighted by molar-refractivity contribution is 0.686. The summed E-state index contributed by atoms with van der Waals surface area (Å²) in [5, 5.41) is 4.93. The first-order valence-corrected chi connectivity index (χ1v) is 6.40. The maximum atomic E-state index is 3.51. The highest BCUT2D eigenvalue weighted by atomic mass is 32.1. The molecule has 0 spiro atoms. The van der Waals surface area contributed by atoms with Crippen LogP contribution in [-0.2, 0) is 5.41 Å². The van der Waals surface area contributed by atoms with E-state index in [1.807, 2.05) is 11.3 Å². The number of hydrogen-bond acceptors (Lipinski definition) is 2. The first kappa shape index (κ1) is 8.31. The van der Waals surface area contributed by atoms with Crippen LogP contribution in [0.25, 0.3) is 10.1 Å². The van der Waals surface area contributed by atoms with Gasteiger partial charge in [0.05, 0.1) is 0 Å². The number of piperidine rings is 1. The number of rotatable bonds is 1. The van der Waals surface area contributed by atoms with Crippen molar-refractivity contribution in [3.05, 3.63) is 35.2 Å². The van der Waals surface area contributed by atoms with E-state index in [4.69, 9.17) is 0 Å². The normalized spacial score (nSPS) is 33.2. The zero-order valence-electron chi connectivity index (χ0n) is 8.49. The molecule has 1 aliphatic carbocycles. The summed E-state index contributed by atoms with van der Waals surface area (Å²) in [6.45, 7) is 2.43. The van der Waals surface area contributed by atoms with Crippen molar-refractivity contribution in [1.82, 2.24) is 5.32 Å². The lowest BCUT2D eigenvalue weighted by Crippen LogP contribution is -2.18. The van der Waals surface area contributed by atoms with Crippen molar-refractivity contribution in [2.45, 2.75) is 11.8 Å². The largest absolute Gasteiger partial charge is 0.315 e. The van der Waals surface area contributed by atoms with E-state index in [9.17, 15) is 0 Å². The van der Waals surface area contributed by atoms with E-state index in [2.05, 4.69) is 35.6 Å². The maximum Gasteiger partial charge on any atom is 0.0345 e. The highest BCUT2D eigenvalue weighted by Gasteiger charge is 2.58. The number of thiophene rings is 1. The second-order valence-electron chi connectivity index (χ2n) is 4.84. The summed E-state index contributed by atoms with van der Waals surface area (Å²) in [4.78, 5) is 1.61. The van der Waals surface area contributed by atoms with Crippen molar-refractivity contribution >= 4 is 21.4 Å². The van der Waals surface area contributed by atoms with Crippen LogP contribution in [0.1, 0.15) is 11.3 Å². The van der Waals surface area contributed by atoms with Crippen molar-refractivity contribution in [1.29, 1.82) is 0 Å². The van der Waals surface area contributed by atoms with E-state index < -0.39 is 0 Å². The molecule has 1 aromatic heterocycles. The van der Waals surface area contributed by atoms with E-state index in [0.717, 1.165) is 5.92 Å². The molecule has 15 heavy (non-hydrogen) atoms. The summed E-state index contributed by atoms with van der Waals surface area (Å²) < 4.78 is 1.44. The Balaban J connectivity index is 1.89. The molecule has 2 aromatic rings. The van der Waals surface area contributed by atoms with Crippen LogP contribution in [0.5, 0.6) is 0 Å². The summed E-state index contributed by atoms with van der Waals surface area (Å²) in [5.41, 5.74) is 0.531. The van der Waals surface area contributed by atoms with Crippen molar-refractivity contribution in [2.75, 3.05) is 13.1 Å². The third-order valence-corrected chi connectivity index (χ3v) is 5.32. The molecule has 2 fully saturated rings. The van der Waals surface area contributed by atoms with Crippen LogP contribution in [-0.4, -0.2) is 13.1 Å². The second kappa shape index (κ2) is 2.63. The molecule has 0 bridgehead atoms. The molecule has 1 unspecified atom stereocenters. The summed E-state index contributed by atoms with van der Waals surface area (Å²) >= 11 is 2.00. The Labute approximate surface area is 93.1 Å². The quantitative estimate of drug-likeness (QED) is 0.771. The molecule has 0 amide bonds. The standard InChI is InChI=1S/C13H13NS/c1-2-4-11-9(3-1)5-12(15-11)13-6-10(13)7-14-8-13/h1-5,10,14H,6-8H2/t10?,13-/m1/s1. The van der Waals surface area contributed by atoms with Gasteiger partial charge in [0.1, 0.15) is 0 Å². The van der Waals surface area contributed by atoms with Gasteiger partial charge < -0.3 is 5.32 Å². The van der Waals surface area contributed by atoms with Gasteiger partial charge in [-0.25, -0.2) is 0 Å². The predicted octanol–water partition coefficient (Wildman–Crippen LogP) is 2.76. The molecule has 2 heterocycles. The van der Waals surface area contributed by atoms with Gasteiger partial charge in [0, 0.05) is 21.5 Å². The van der Waals surface area contributed by atoms with Crippen LogP contribution in [0.3, 0.4) is 0 Å². The van der Waals surface area contributed by atoms with Gasteiger partial charge in [-0.15, -0.1) is 11.3 Å². The average molecular weight is 215 g/mol. The molecular formula is C13H13NS. The highest BCUT2D eigenvalue weighted by Crippen LogP contribution is 2.58. The third-order valence-electron chi connectivity index (χ3n) is 3.98. The molecule has 2 atom stereocenters. The minimum atomic E-state index is 0.531. The van der Waals surface area contributed by atoms with E-state index in [1.54, 1.807) is 4.88 Å². The van der Waals surface area contributed by atoms with Crippen molar-refractivity contribution in [2.24, 2.45) is 5.92 Å². The van der Waals surface area contributed by atoms with Crippen LogP contribution in [0.4, 0.5) is 0 Å². The molecule has 1 aliphatic heterocycles. The molecule has 1 aromatic carbocycles. The Morgan fingerprint density at radius 2 is 2.27 bits per heavy atom. The van der Waals surface area contributed by atoms with Crippen molar-refractivity contribution in [3.63, 3.8) is 0 Å². The average Bonchev–Trinajstić information content (AvgIpc) is 2.68. The zero-order valence-corrected chi connectivity index (χ0v) is 9.31. The van der Waals surface area contributed by atoms with Gasteiger partial charge >= 0.3 is 0 Å². The Morgan fingerprint density at radius 1 is 1.33 bits per heavy atom. The number of nitrogens with one attached hydrogen (secondary N) is 1. The lowest BCUT2D eigenvalue weighted by Gasteiger charge is -2.07.